The van der Waals surface area contributed by atoms with E-state index in [1.54, 1.807) is 11.3 Å². The van der Waals surface area contributed by atoms with Crippen molar-refractivity contribution in [2.45, 2.75) is 26.1 Å². The average molecular weight is 311 g/mol. The number of ether oxygens (including phenoxy) is 2. The van der Waals surface area contributed by atoms with Crippen molar-refractivity contribution in [3.8, 4) is 11.5 Å². The van der Waals surface area contributed by atoms with Crippen LogP contribution in [-0.2, 0) is 0 Å². The van der Waals surface area contributed by atoms with Crippen LogP contribution in [0, 0.1) is 6.92 Å². The van der Waals surface area contributed by atoms with Gasteiger partial charge in [-0.15, -0.1) is 22.9 Å². The molecule has 0 aliphatic carbocycles. The summed E-state index contributed by atoms with van der Waals surface area (Å²) in [7, 11) is 0. The number of hydrogen-bond donors (Lipinski definition) is 0. The molecule has 0 bridgehead atoms. The molecule has 0 aliphatic rings. The van der Waals surface area contributed by atoms with Crippen LogP contribution in [0.5, 0.6) is 11.5 Å². The molecule has 0 saturated heterocycles. The Kier molecular flexibility index (Phi) is 5.32. The number of benzene rings is 1. The van der Waals surface area contributed by atoms with Gasteiger partial charge in [-0.25, -0.2) is 0 Å². The second-order valence-electron chi connectivity index (χ2n) is 4.40. The van der Waals surface area contributed by atoms with E-state index in [4.69, 9.17) is 21.1 Å². The molecule has 1 aromatic carbocycles. The highest BCUT2D eigenvalue weighted by Gasteiger charge is 2.17. The molecule has 0 saturated carbocycles. The number of thiophene rings is 1. The predicted octanol–water partition coefficient (Wildman–Crippen LogP) is 5.18. The van der Waals surface area contributed by atoms with Crippen molar-refractivity contribution in [3.05, 3.63) is 45.6 Å². The van der Waals surface area contributed by atoms with Gasteiger partial charge in [0.2, 0.25) is 0 Å². The Morgan fingerprint density at radius 1 is 1.10 bits per heavy atom. The predicted molar refractivity (Wildman–Crippen MR) is 85.5 cm³/mol. The number of hydrogen-bond acceptors (Lipinski definition) is 3. The van der Waals surface area contributed by atoms with E-state index in [1.807, 2.05) is 32.0 Å². The Morgan fingerprint density at radius 2 is 1.80 bits per heavy atom. The van der Waals surface area contributed by atoms with Gasteiger partial charge < -0.3 is 9.47 Å². The van der Waals surface area contributed by atoms with Gasteiger partial charge in [-0.3, -0.25) is 0 Å². The van der Waals surface area contributed by atoms with Gasteiger partial charge in [0.05, 0.1) is 18.6 Å². The molecule has 1 heterocycles. The van der Waals surface area contributed by atoms with Crippen LogP contribution in [0.2, 0.25) is 0 Å². The molecule has 2 aromatic rings. The van der Waals surface area contributed by atoms with Gasteiger partial charge in [-0.05, 0) is 55.5 Å². The van der Waals surface area contributed by atoms with E-state index in [0.29, 0.717) is 13.2 Å². The summed E-state index contributed by atoms with van der Waals surface area (Å²) in [4.78, 5) is 1.18. The van der Waals surface area contributed by atoms with E-state index in [1.165, 1.54) is 10.4 Å². The van der Waals surface area contributed by atoms with Crippen molar-refractivity contribution in [1.82, 2.24) is 0 Å². The smallest absolute Gasteiger partial charge is 0.161 e. The summed E-state index contributed by atoms with van der Waals surface area (Å²) >= 11 is 8.28. The highest BCUT2D eigenvalue weighted by Crippen LogP contribution is 2.38. The first-order chi connectivity index (χ1) is 9.67. The van der Waals surface area contributed by atoms with E-state index in [2.05, 4.69) is 18.4 Å². The van der Waals surface area contributed by atoms with E-state index in [-0.39, 0.29) is 5.38 Å². The van der Waals surface area contributed by atoms with Crippen LogP contribution in [0.25, 0.3) is 0 Å². The Morgan fingerprint density at radius 3 is 2.40 bits per heavy atom. The van der Waals surface area contributed by atoms with Crippen LogP contribution in [0.3, 0.4) is 0 Å². The molecule has 0 radical (unpaired) electrons. The first-order valence-corrected chi connectivity index (χ1v) is 8.06. The van der Waals surface area contributed by atoms with Crippen LogP contribution in [0.1, 0.15) is 35.2 Å². The molecule has 20 heavy (non-hydrogen) atoms. The van der Waals surface area contributed by atoms with E-state index in [0.717, 1.165) is 17.1 Å². The Bertz CT molecular complexity index is 565. The first-order valence-electron chi connectivity index (χ1n) is 6.75. The molecule has 0 amide bonds. The van der Waals surface area contributed by atoms with Crippen LogP contribution >= 0.6 is 22.9 Å². The Hall–Kier alpha value is -1.19. The molecule has 2 nitrogen and oxygen atoms in total. The third kappa shape index (κ3) is 3.28. The Balaban J connectivity index is 2.32. The molecule has 0 N–H and O–H groups in total. The highest BCUT2D eigenvalue weighted by atomic mass is 35.5. The highest BCUT2D eigenvalue weighted by molar-refractivity contribution is 7.10. The number of alkyl halides is 1. The topological polar surface area (TPSA) is 18.5 Å². The lowest BCUT2D eigenvalue weighted by Gasteiger charge is -2.15. The maximum atomic E-state index is 6.59. The molecule has 1 unspecified atom stereocenters. The standard InChI is InChI=1S/C16H19ClO2S/c1-4-18-13-7-6-12(10-14(13)19-5-2)15(17)16-11(3)8-9-20-16/h6-10,15H,4-5H2,1-3H3. The maximum absolute atomic E-state index is 6.59. The molecule has 0 aliphatic heterocycles. The summed E-state index contributed by atoms with van der Waals surface area (Å²) in [6.07, 6.45) is 0. The number of halogens is 1. The third-order valence-electron chi connectivity index (χ3n) is 2.99. The van der Waals surface area contributed by atoms with E-state index in [9.17, 15) is 0 Å². The maximum Gasteiger partial charge on any atom is 0.161 e. The molecular weight excluding hydrogens is 292 g/mol. The minimum absolute atomic E-state index is 0.148. The van der Waals surface area contributed by atoms with Gasteiger partial charge in [0, 0.05) is 4.88 Å². The molecule has 108 valence electrons. The van der Waals surface area contributed by atoms with Gasteiger partial charge in [-0.1, -0.05) is 6.07 Å². The zero-order valence-corrected chi connectivity index (χ0v) is 13.6. The SMILES string of the molecule is CCOc1ccc(C(Cl)c2sccc2C)cc1OCC. The van der Waals surface area contributed by atoms with Gasteiger partial charge in [-0.2, -0.15) is 0 Å². The second kappa shape index (κ2) is 7.00. The van der Waals surface area contributed by atoms with Crippen molar-refractivity contribution >= 4 is 22.9 Å². The number of aryl methyl sites for hydroxylation is 1. The van der Waals surface area contributed by atoms with Crippen LogP contribution in [0.4, 0.5) is 0 Å². The van der Waals surface area contributed by atoms with Crippen molar-refractivity contribution < 1.29 is 9.47 Å². The van der Waals surface area contributed by atoms with Gasteiger partial charge >= 0.3 is 0 Å². The molecule has 0 fully saturated rings. The summed E-state index contributed by atoms with van der Waals surface area (Å²) in [6, 6.07) is 8.01. The van der Waals surface area contributed by atoms with Gasteiger partial charge in [0.25, 0.3) is 0 Å². The lowest BCUT2D eigenvalue weighted by molar-refractivity contribution is 0.287. The first kappa shape index (κ1) is 15.2. The molecule has 1 atom stereocenters. The molecular formula is C16H19ClO2S. The molecule has 2 rings (SSSR count). The summed E-state index contributed by atoms with van der Waals surface area (Å²) in [5.41, 5.74) is 2.26. The molecule has 4 heteroatoms. The normalized spacial score (nSPS) is 12.2. The summed E-state index contributed by atoms with van der Waals surface area (Å²) in [6.45, 7) is 7.23. The van der Waals surface area contributed by atoms with Crippen molar-refractivity contribution in [3.63, 3.8) is 0 Å². The fraction of sp³-hybridized carbons (Fsp3) is 0.375. The van der Waals surface area contributed by atoms with Crippen molar-refractivity contribution in [2.75, 3.05) is 13.2 Å². The fourth-order valence-corrected chi connectivity index (χ4v) is 3.41. The van der Waals surface area contributed by atoms with Crippen LogP contribution in [-0.4, -0.2) is 13.2 Å². The molecule has 0 spiro atoms. The monoisotopic (exact) mass is 310 g/mol. The lowest BCUT2D eigenvalue weighted by atomic mass is 10.1. The molecule has 1 aromatic heterocycles. The average Bonchev–Trinajstić information content (AvgIpc) is 2.86. The van der Waals surface area contributed by atoms with Crippen LogP contribution in [0.15, 0.2) is 29.6 Å². The van der Waals surface area contributed by atoms with Crippen molar-refractivity contribution in [2.24, 2.45) is 0 Å². The van der Waals surface area contributed by atoms with E-state index >= 15 is 0 Å². The quantitative estimate of drug-likeness (QED) is 0.684. The minimum Gasteiger partial charge on any atom is -0.490 e. The lowest BCUT2D eigenvalue weighted by Crippen LogP contribution is -2.00. The van der Waals surface area contributed by atoms with Gasteiger partial charge in [0.1, 0.15) is 0 Å². The zero-order chi connectivity index (χ0) is 14.5. The summed E-state index contributed by atoms with van der Waals surface area (Å²) in [5.74, 6) is 1.52. The fourth-order valence-electron chi connectivity index (χ4n) is 2.02. The number of rotatable bonds is 6. The van der Waals surface area contributed by atoms with Crippen molar-refractivity contribution in [1.29, 1.82) is 0 Å². The summed E-state index contributed by atoms with van der Waals surface area (Å²) in [5, 5.41) is 1.92. The second-order valence-corrected chi connectivity index (χ2v) is 5.79. The van der Waals surface area contributed by atoms with E-state index < -0.39 is 0 Å². The Labute approximate surface area is 129 Å². The van der Waals surface area contributed by atoms with Crippen LogP contribution < -0.4 is 9.47 Å². The largest absolute Gasteiger partial charge is 0.490 e. The minimum atomic E-state index is -0.148. The summed E-state index contributed by atoms with van der Waals surface area (Å²) < 4.78 is 11.2. The zero-order valence-electron chi connectivity index (χ0n) is 12.0. The van der Waals surface area contributed by atoms with Gasteiger partial charge in [0.15, 0.2) is 11.5 Å². The third-order valence-corrected chi connectivity index (χ3v) is 4.68.